The Hall–Kier alpha value is -3.87. The van der Waals surface area contributed by atoms with Crippen molar-refractivity contribution in [2.45, 2.75) is 56.5 Å². The molecule has 1 heterocycles. The summed E-state index contributed by atoms with van der Waals surface area (Å²) in [7, 11) is 0. The van der Waals surface area contributed by atoms with Crippen molar-refractivity contribution in [3.63, 3.8) is 0 Å². The number of H-pyrrole nitrogens is 1. The van der Waals surface area contributed by atoms with E-state index in [9.17, 15) is 29.4 Å². The first-order valence-electron chi connectivity index (χ1n) is 13.3. The van der Waals surface area contributed by atoms with Crippen LogP contribution >= 0.6 is 11.8 Å². The molecule has 0 saturated heterocycles. The monoisotopic (exact) mass is 583 g/mol. The number of para-hydroxylation sites is 1. The van der Waals surface area contributed by atoms with E-state index in [4.69, 9.17) is 5.73 Å². The van der Waals surface area contributed by atoms with Crippen LogP contribution in [0.1, 0.15) is 24.5 Å². The summed E-state index contributed by atoms with van der Waals surface area (Å²) in [5, 5.41) is 27.8. The van der Waals surface area contributed by atoms with Gasteiger partial charge in [-0.25, -0.2) is 4.79 Å². The van der Waals surface area contributed by atoms with E-state index in [0.717, 1.165) is 22.0 Å². The number of thioether (sulfide) groups is 1. The number of carbonyl (C=O) groups is 4. The molecular formula is C29H37N5O6S. The first-order chi connectivity index (χ1) is 19.6. The van der Waals surface area contributed by atoms with Crippen LogP contribution < -0.4 is 21.7 Å². The maximum absolute atomic E-state index is 13.5. The van der Waals surface area contributed by atoms with Crippen LogP contribution in [-0.2, 0) is 32.0 Å². The van der Waals surface area contributed by atoms with Crippen molar-refractivity contribution in [3.05, 3.63) is 71.9 Å². The summed E-state index contributed by atoms with van der Waals surface area (Å²) < 4.78 is 0. The van der Waals surface area contributed by atoms with Gasteiger partial charge in [-0.05, 0) is 49.0 Å². The summed E-state index contributed by atoms with van der Waals surface area (Å²) >= 11 is 1.45. The van der Waals surface area contributed by atoms with Gasteiger partial charge in [0.1, 0.15) is 12.1 Å². The van der Waals surface area contributed by atoms with Crippen LogP contribution in [0.25, 0.3) is 10.9 Å². The lowest BCUT2D eigenvalue weighted by atomic mass is 10.0. The molecule has 220 valence electrons. The fourth-order valence-electron chi connectivity index (χ4n) is 4.39. The largest absolute Gasteiger partial charge is 0.480 e. The molecule has 0 bridgehead atoms. The van der Waals surface area contributed by atoms with Gasteiger partial charge in [-0.1, -0.05) is 48.5 Å². The van der Waals surface area contributed by atoms with E-state index in [1.54, 1.807) is 6.20 Å². The molecule has 0 fully saturated rings. The number of fused-ring (bicyclic) bond motifs is 1. The second-order valence-electron chi connectivity index (χ2n) is 9.83. The van der Waals surface area contributed by atoms with E-state index in [1.165, 1.54) is 18.7 Å². The van der Waals surface area contributed by atoms with Crippen molar-refractivity contribution in [2.24, 2.45) is 5.73 Å². The Bertz CT molecular complexity index is 1330. The zero-order chi connectivity index (χ0) is 29.9. The topological polar surface area (TPSA) is 187 Å². The summed E-state index contributed by atoms with van der Waals surface area (Å²) in [6.07, 6.45) is 2.87. The summed E-state index contributed by atoms with van der Waals surface area (Å²) in [6, 6.07) is 12.1. The minimum atomic E-state index is -1.54. The predicted octanol–water partition coefficient (Wildman–Crippen LogP) is 0.953. The zero-order valence-electron chi connectivity index (χ0n) is 23.0. The quantitative estimate of drug-likeness (QED) is 0.138. The van der Waals surface area contributed by atoms with Gasteiger partial charge in [0.2, 0.25) is 17.7 Å². The fourth-order valence-corrected chi connectivity index (χ4v) is 4.86. The molecule has 0 aliphatic rings. The van der Waals surface area contributed by atoms with Gasteiger partial charge in [-0.3, -0.25) is 14.4 Å². The van der Waals surface area contributed by atoms with Gasteiger partial charge in [0, 0.05) is 23.5 Å². The van der Waals surface area contributed by atoms with E-state index in [1.807, 2.05) is 60.9 Å². The van der Waals surface area contributed by atoms with Crippen LogP contribution in [0.3, 0.4) is 0 Å². The molecule has 2 aromatic carbocycles. The highest BCUT2D eigenvalue weighted by Gasteiger charge is 2.32. The number of nitrogens with two attached hydrogens (primary N) is 1. The normalized spacial score (nSPS) is 14.8. The average molecular weight is 584 g/mol. The lowest BCUT2D eigenvalue weighted by molar-refractivity contribution is -0.145. The van der Waals surface area contributed by atoms with Crippen molar-refractivity contribution >= 4 is 46.4 Å². The van der Waals surface area contributed by atoms with Crippen molar-refractivity contribution in [2.75, 3.05) is 12.0 Å². The van der Waals surface area contributed by atoms with Crippen molar-refractivity contribution < 1.29 is 29.4 Å². The SMILES string of the molecule is CSCCC(NC(=O)C(Cc1ccccc1)NC(=O)C(N)Cc1c[nH]c2ccccc12)C(=O)NC(C(=O)O)C(C)O. The van der Waals surface area contributed by atoms with Gasteiger partial charge in [-0.2, -0.15) is 11.8 Å². The standard InChI is InChI=1S/C29H37N5O6S/c1-17(35)25(29(39)40)34-27(37)23(12-13-41-2)32-28(38)24(14-18-8-4-3-5-9-18)33-26(36)21(30)15-19-16-31-22-11-7-6-10-20(19)22/h3-11,16-17,21,23-25,31,35H,12-15,30H2,1-2H3,(H,32,38)(H,33,36)(H,34,37)(H,39,40). The molecule has 3 rings (SSSR count). The van der Waals surface area contributed by atoms with Crippen molar-refractivity contribution in [1.82, 2.24) is 20.9 Å². The van der Waals surface area contributed by atoms with E-state index >= 15 is 0 Å². The highest BCUT2D eigenvalue weighted by atomic mass is 32.2. The number of aliphatic hydroxyl groups is 1. The molecule has 0 radical (unpaired) electrons. The molecule has 0 aliphatic carbocycles. The van der Waals surface area contributed by atoms with Gasteiger partial charge in [0.05, 0.1) is 12.1 Å². The van der Waals surface area contributed by atoms with Gasteiger partial charge in [0.25, 0.3) is 0 Å². The molecule has 12 heteroatoms. The molecule has 5 atom stereocenters. The highest BCUT2D eigenvalue weighted by molar-refractivity contribution is 7.98. The lowest BCUT2D eigenvalue weighted by Gasteiger charge is -2.26. The molecule has 5 unspecified atom stereocenters. The molecule has 1 aromatic heterocycles. The van der Waals surface area contributed by atoms with E-state index in [-0.39, 0.29) is 19.3 Å². The molecule has 8 N–H and O–H groups in total. The molecule has 0 aliphatic heterocycles. The van der Waals surface area contributed by atoms with Crippen LogP contribution in [-0.4, -0.2) is 81.2 Å². The first-order valence-corrected chi connectivity index (χ1v) is 14.7. The van der Waals surface area contributed by atoms with Gasteiger partial charge in [-0.15, -0.1) is 0 Å². The Morgan fingerprint density at radius 3 is 2.20 bits per heavy atom. The highest BCUT2D eigenvalue weighted by Crippen LogP contribution is 2.19. The number of aromatic nitrogens is 1. The van der Waals surface area contributed by atoms with E-state index < -0.39 is 54.0 Å². The number of carboxylic acids is 1. The van der Waals surface area contributed by atoms with Gasteiger partial charge < -0.3 is 36.9 Å². The minimum absolute atomic E-state index is 0.139. The van der Waals surface area contributed by atoms with Gasteiger partial charge >= 0.3 is 5.97 Å². The number of carbonyl (C=O) groups excluding carboxylic acids is 3. The molecule has 3 aromatic rings. The predicted molar refractivity (Wildman–Crippen MR) is 158 cm³/mol. The van der Waals surface area contributed by atoms with Crippen LogP contribution in [0.2, 0.25) is 0 Å². The number of rotatable bonds is 15. The smallest absolute Gasteiger partial charge is 0.328 e. The third-order valence-electron chi connectivity index (χ3n) is 6.66. The summed E-state index contributed by atoms with van der Waals surface area (Å²) in [5.74, 6) is -2.80. The van der Waals surface area contributed by atoms with Crippen molar-refractivity contribution in [3.8, 4) is 0 Å². The molecule has 3 amide bonds. The van der Waals surface area contributed by atoms with Crippen LogP contribution in [0.15, 0.2) is 60.8 Å². The number of hydrogen-bond acceptors (Lipinski definition) is 7. The molecular weight excluding hydrogens is 546 g/mol. The molecule has 41 heavy (non-hydrogen) atoms. The van der Waals surface area contributed by atoms with Gasteiger partial charge in [0.15, 0.2) is 6.04 Å². The lowest BCUT2D eigenvalue weighted by Crippen LogP contribution is -2.58. The summed E-state index contributed by atoms with van der Waals surface area (Å²) in [6.45, 7) is 1.25. The second kappa shape index (κ2) is 15.2. The Kier molecular flexibility index (Phi) is 11.7. The Labute approximate surface area is 242 Å². The maximum atomic E-state index is 13.5. The number of carboxylic acid groups (broad SMARTS) is 1. The first kappa shape index (κ1) is 31.7. The van der Waals surface area contributed by atoms with Crippen LogP contribution in [0.5, 0.6) is 0 Å². The number of aliphatic hydroxyl groups excluding tert-OH is 1. The number of aromatic amines is 1. The van der Waals surface area contributed by atoms with Crippen molar-refractivity contribution in [1.29, 1.82) is 0 Å². The Morgan fingerprint density at radius 2 is 1.54 bits per heavy atom. The third kappa shape index (κ3) is 9.07. The zero-order valence-corrected chi connectivity index (χ0v) is 23.8. The number of hydrogen-bond donors (Lipinski definition) is 7. The summed E-state index contributed by atoms with van der Waals surface area (Å²) in [5.41, 5.74) is 8.84. The third-order valence-corrected chi connectivity index (χ3v) is 7.30. The van der Waals surface area contributed by atoms with Crippen LogP contribution in [0, 0.1) is 0 Å². The number of benzene rings is 2. The fraction of sp³-hybridized carbons (Fsp3) is 0.379. The number of aliphatic carboxylic acids is 1. The van der Waals surface area contributed by atoms with E-state index in [2.05, 4.69) is 20.9 Å². The molecule has 0 saturated carbocycles. The van der Waals surface area contributed by atoms with Crippen LogP contribution in [0.4, 0.5) is 0 Å². The Balaban J connectivity index is 1.76. The molecule has 0 spiro atoms. The average Bonchev–Trinajstić information content (AvgIpc) is 3.36. The minimum Gasteiger partial charge on any atom is -0.480 e. The maximum Gasteiger partial charge on any atom is 0.328 e. The molecule has 11 nitrogen and oxygen atoms in total. The number of amides is 3. The second-order valence-corrected chi connectivity index (χ2v) is 10.8. The van der Waals surface area contributed by atoms with E-state index in [0.29, 0.717) is 5.75 Å². The number of nitrogens with one attached hydrogen (secondary N) is 4. The Morgan fingerprint density at radius 1 is 0.902 bits per heavy atom. The summed E-state index contributed by atoms with van der Waals surface area (Å²) in [4.78, 5) is 54.3.